The molecule has 140 valence electrons. The fraction of sp³-hybridized carbons (Fsp3) is 0.375. The van der Waals surface area contributed by atoms with Crippen LogP contribution in [0.5, 0.6) is 0 Å². The van der Waals surface area contributed by atoms with E-state index in [0.29, 0.717) is 11.8 Å². The Morgan fingerprint density at radius 1 is 1.15 bits per heavy atom. The third-order valence-electron chi connectivity index (χ3n) is 5.53. The summed E-state index contributed by atoms with van der Waals surface area (Å²) in [4.78, 5) is 13.0. The molecule has 3 atom stereocenters. The second kappa shape index (κ2) is 6.56. The molecule has 3 heteroatoms. The molecule has 2 N–H and O–H groups in total. The van der Waals surface area contributed by atoms with Gasteiger partial charge >= 0.3 is 0 Å². The minimum atomic E-state index is -0.264. The number of para-hydroxylation sites is 1. The number of aryl methyl sites for hydroxylation is 1. The second-order valence-corrected chi connectivity index (χ2v) is 8.86. The third kappa shape index (κ3) is 3.39. The van der Waals surface area contributed by atoms with Crippen LogP contribution < -0.4 is 10.6 Å². The third-order valence-corrected chi connectivity index (χ3v) is 5.53. The molecule has 2 aromatic carbocycles. The van der Waals surface area contributed by atoms with Gasteiger partial charge in [0, 0.05) is 11.5 Å². The highest BCUT2D eigenvalue weighted by molar-refractivity contribution is 6.01. The molecule has 0 radical (unpaired) electrons. The summed E-state index contributed by atoms with van der Waals surface area (Å²) in [5, 5.41) is 6.86. The molecule has 1 aliphatic carbocycles. The van der Waals surface area contributed by atoms with Crippen molar-refractivity contribution in [1.29, 1.82) is 0 Å². The van der Waals surface area contributed by atoms with Crippen LogP contribution in [0.25, 0.3) is 0 Å². The molecule has 2 aliphatic rings. The van der Waals surface area contributed by atoms with Gasteiger partial charge in [0.1, 0.15) is 0 Å². The molecule has 1 amide bonds. The zero-order valence-corrected chi connectivity index (χ0v) is 16.5. The molecule has 0 saturated carbocycles. The van der Waals surface area contributed by atoms with Gasteiger partial charge in [-0.2, -0.15) is 0 Å². The Hall–Kier alpha value is -2.55. The van der Waals surface area contributed by atoms with E-state index in [0.717, 1.165) is 17.7 Å². The zero-order chi connectivity index (χ0) is 19.2. The van der Waals surface area contributed by atoms with Crippen LogP contribution >= 0.6 is 0 Å². The van der Waals surface area contributed by atoms with E-state index in [4.69, 9.17) is 0 Å². The summed E-state index contributed by atoms with van der Waals surface area (Å²) >= 11 is 0. The van der Waals surface area contributed by atoms with Gasteiger partial charge in [-0.15, -0.1) is 0 Å². The number of benzene rings is 2. The number of hydrogen-bond donors (Lipinski definition) is 2. The quantitative estimate of drug-likeness (QED) is 0.709. The molecule has 0 aromatic heterocycles. The smallest absolute Gasteiger partial charge is 0.253 e. The maximum absolute atomic E-state index is 13.0. The number of carbonyl (C=O) groups is 1. The lowest BCUT2D eigenvalue weighted by molar-refractivity contribution is 0.0920. The van der Waals surface area contributed by atoms with Gasteiger partial charge in [0.05, 0.1) is 17.3 Å². The number of carbonyl (C=O) groups excluding carboxylic acids is 1. The number of nitrogens with one attached hydrogen (secondary N) is 2. The molecule has 4 rings (SSSR count). The van der Waals surface area contributed by atoms with Crippen molar-refractivity contribution in [3.8, 4) is 0 Å². The fourth-order valence-electron chi connectivity index (χ4n) is 4.41. The van der Waals surface area contributed by atoms with Crippen molar-refractivity contribution in [1.82, 2.24) is 5.32 Å². The summed E-state index contributed by atoms with van der Waals surface area (Å²) in [6.45, 7) is 8.17. The molecule has 0 saturated heterocycles. The van der Waals surface area contributed by atoms with E-state index >= 15 is 0 Å². The molecule has 0 spiro atoms. The first-order valence-electron chi connectivity index (χ1n) is 9.79. The van der Waals surface area contributed by atoms with Crippen LogP contribution in [0.15, 0.2) is 54.6 Å². The van der Waals surface area contributed by atoms with E-state index in [1.54, 1.807) is 0 Å². The number of rotatable bonds is 2. The highest BCUT2D eigenvalue weighted by Gasteiger charge is 2.39. The largest absolute Gasteiger partial charge is 0.377 e. The predicted molar refractivity (Wildman–Crippen MR) is 111 cm³/mol. The summed E-state index contributed by atoms with van der Waals surface area (Å²) in [6, 6.07) is 15.0. The Balaban J connectivity index is 1.78. The Morgan fingerprint density at radius 3 is 2.67 bits per heavy atom. The monoisotopic (exact) mass is 360 g/mol. The van der Waals surface area contributed by atoms with Crippen molar-refractivity contribution in [2.45, 2.75) is 51.6 Å². The van der Waals surface area contributed by atoms with Gasteiger partial charge in [0.25, 0.3) is 5.91 Å². The van der Waals surface area contributed by atoms with E-state index in [9.17, 15) is 4.79 Å². The summed E-state index contributed by atoms with van der Waals surface area (Å²) in [6.07, 6.45) is 5.67. The minimum Gasteiger partial charge on any atom is -0.377 e. The van der Waals surface area contributed by atoms with E-state index in [-0.39, 0.29) is 17.5 Å². The van der Waals surface area contributed by atoms with E-state index in [1.165, 1.54) is 16.7 Å². The molecule has 3 unspecified atom stereocenters. The van der Waals surface area contributed by atoms with Crippen molar-refractivity contribution in [3.05, 3.63) is 76.9 Å². The van der Waals surface area contributed by atoms with Gasteiger partial charge < -0.3 is 10.6 Å². The molecule has 0 bridgehead atoms. The summed E-state index contributed by atoms with van der Waals surface area (Å²) in [5.74, 6) is 0.824. The summed E-state index contributed by atoms with van der Waals surface area (Å²) < 4.78 is 0. The van der Waals surface area contributed by atoms with Crippen molar-refractivity contribution >= 4 is 11.6 Å². The Kier molecular flexibility index (Phi) is 4.33. The Labute approximate surface area is 161 Å². The molecule has 1 aliphatic heterocycles. The molecule has 27 heavy (non-hydrogen) atoms. The van der Waals surface area contributed by atoms with Gasteiger partial charge in [-0.1, -0.05) is 54.1 Å². The summed E-state index contributed by atoms with van der Waals surface area (Å²) in [7, 11) is 0. The molecule has 2 aromatic rings. The molecule has 1 heterocycles. The van der Waals surface area contributed by atoms with Crippen LogP contribution in [0, 0.1) is 12.8 Å². The number of anilines is 1. The molecule has 0 fully saturated rings. The van der Waals surface area contributed by atoms with Crippen molar-refractivity contribution in [2.75, 3.05) is 5.32 Å². The highest BCUT2D eigenvalue weighted by Crippen LogP contribution is 2.50. The topological polar surface area (TPSA) is 41.1 Å². The first-order chi connectivity index (χ1) is 12.8. The maximum atomic E-state index is 13.0. The number of amides is 1. The highest BCUT2D eigenvalue weighted by atomic mass is 16.1. The van der Waals surface area contributed by atoms with Crippen LogP contribution in [0.1, 0.15) is 66.2 Å². The van der Waals surface area contributed by atoms with E-state index < -0.39 is 0 Å². The van der Waals surface area contributed by atoms with Crippen molar-refractivity contribution < 1.29 is 4.79 Å². The van der Waals surface area contributed by atoms with Crippen LogP contribution in [-0.2, 0) is 0 Å². The fourth-order valence-corrected chi connectivity index (χ4v) is 4.41. The average molecular weight is 361 g/mol. The lowest BCUT2D eigenvalue weighted by atomic mass is 9.76. The van der Waals surface area contributed by atoms with Gasteiger partial charge in [-0.25, -0.2) is 0 Å². The van der Waals surface area contributed by atoms with Gasteiger partial charge in [-0.3, -0.25) is 4.79 Å². The first-order valence-corrected chi connectivity index (χ1v) is 9.79. The number of allylic oxidation sites excluding steroid dienone is 2. The summed E-state index contributed by atoms with van der Waals surface area (Å²) in [5.41, 5.74) is 5.25. The molecular weight excluding hydrogens is 332 g/mol. The second-order valence-electron chi connectivity index (χ2n) is 8.86. The standard InChI is InChI=1S/C24H28N2O/c1-15-8-5-9-16(14-15)21-18-11-6-10-17(18)19-12-7-13-20(22(19)25-21)23(27)26-24(2,3)4/h5-10,12-14,17-18,21,25H,11H2,1-4H3,(H,26,27). The van der Waals surface area contributed by atoms with Crippen LogP contribution in [0.2, 0.25) is 0 Å². The molecular formula is C24H28N2O. The Bertz CT molecular complexity index is 907. The van der Waals surface area contributed by atoms with Gasteiger partial charge in [0.15, 0.2) is 0 Å². The van der Waals surface area contributed by atoms with Crippen molar-refractivity contribution in [3.63, 3.8) is 0 Å². The van der Waals surface area contributed by atoms with Crippen LogP contribution in [0.3, 0.4) is 0 Å². The number of fused-ring (bicyclic) bond motifs is 3. The van der Waals surface area contributed by atoms with Crippen LogP contribution in [-0.4, -0.2) is 11.4 Å². The Morgan fingerprint density at radius 2 is 1.93 bits per heavy atom. The lowest BCUT2D eigenvalue weighted by Crippen LogP contribution is -2.41. The average Bonchev–Trinajstić information content (AvgIpc) is 3.09. The minimum absolute atomic E-state index is 0.0183. The van der Waals surface area contributed by atoms with Crippen molar-refractivity contribution in [2.24, 2.45) is 5.92 Å². The maximum Gasteiger partial charge on any atom is 0.253 e. The predicted octanol–water partition coefficient (Wildman–Crippen LogP) is 5.35. The SMILES string of the molecule is Cc1cccc(C2Nc3c(C(=O)NC(C)(C)C)cccc3C3C=CCC32)c1. The van der Waals surface area contributed by atoms with Gasteiger partial charge in [-0.05, 0) is 57.2 Å². The van der Waals surface area contributed by atoms with Crippen LogP contribution in [0.4, 0.5) is 5.69 Å². The van der Waals surface area contributed by atoms with Gasteiger partial charge in [0.2, 0.25) is 0 Å². The molecule has 3 nitrogen and oxygen atoms in total. The number of hydrogen-bond acceptors (Lipinski definition) is 2. The lowest BCUT2D eigenvalue weighted by Gasteiger charge is -2.38. The van der Waals surface area contributed by atoms with E-state index in [1.807, 2.05) is 32.9 Å². The zero-order valence-electron chi connectivity index (χ0n) is 16.5. The van der Waals surface area contributed by atoms with E-state index in [2.05, 4.69) is 60.0 Å². The first kappa shape index (κ1) is 17.8. The normalized spacial score (nSPS) is 23.3.